The van der Waals surface area contributed by atoms with Crippen LogP contribution in [0.5, 0.6) is 0 Å². The molecule has 0 atom stereocenters. The van der Waals surface area contributed by atoms with Gasteiger partial charge in [0.1, 0.15) is 5.82 Å². The number of aromatic nitrogens is 1. The van der Waals surface area contributed by atoms with Crippen LogP contribution < -0.4 is 10.3 Å². The Morgan fingerprint density at radius 2 is 2.06 bits per heavy atom. The first-order valence-electron chi connectivity index (χ1n) is 5.90. The second kappa shape index (κ2) is 4.89. The Bertz CT molecular complexity index is 632. The molecule has 0 unspecified atom stereocenters. The number of rotatable bonds is 1. The summed E-state index contributed by atoms with van der Waals surface area (Å²) in [5.41, 5.74) is 0.996. The predicted molar refractivity (Wildman–Crippen MR) is 80.3 cm³/mol. The van der Waals surface area contributed by atoms with Gasteiger partial charge in [0.25, 0.3) is 0 Å². The third-order valence-electron chi connectivity index (χ3n) is 3.15. The number of nitrogens with one attached hydrogen (secondary N) is 1. The summed E-state index contributed by atoms with van der Waals surface area (Å²) < 4.78 is 6.39. The van der Waals surface area contributed by atoms with E-state index in [1.54, 1.807) is 6.07 Å². The SMILES string of the molecule is O=c1cc(N2CCOCC2)[nH]c2c(I)cccc12. The minimum Gasteiger partial charge on any atom is -0.378 e. The van der Waals surface area contributed by atoms with Crippen molar-refractivity contribution in [1.82, 2.24) is 4.98 Å². The molecule has 2 heterocycles. The molecular weight excluding hydrogens is 343 g/mol. The van der Waals surface area contributed by atoms with Crippen molar-refractivity contribution in [3.8, 4) is 0 Å². The normalized spacial score (nSPS) is 16.2. The molecule has 94 valence electrons. The van der Waals surface area contributed by atoms with Crippen LogP contribution in [0.15, 0.2) is 29.1 Å². The lowest BCUT2D eigenvalue weighted by Gasteiger charge is -2.28. The van der Waals surface area contributed by atoms with Crippen molar-refractivity contribution in [2.24, 2.45) is 0 Å². The molecule has 3 rings (SSSR count). The molecule has 0 radical (unpaired) electrons. The topological polar surface area (TPSA) is 45.3 Å². The molecule has 1 N–H and O–H groups in total. The number of fused-ring (bicyclic) bond motifs is 1. The van der Waals surface area contributed by atoms with E-state index in [0.717, 1.165) is 33.4 Å². The summed E-state index contributed by atoms with van der Waals surface area (Å²) in [7, 11) is 0. The van der Waals surface area contributed by atoms with Crippen LogP contribution in [0.25, 0.3) is 10.9 Å². The average Bonchev–Trinajstić information content (AvgIpc) is 2.41. The fraction of sp³-hybridized carbons (Fsp3) is 0.308. The number of nitrogens with zero attached hydrogens (tertiary/aromatic N) is 1. The van der Waals surface area contributed by atoms with E-state index >= 15 is 0 Å². The maximum atomic E-state index is 12.1. The monoisotopic (exact) mass is 356 g/mol. The van der Waals surface area contributed by atoms with Crippen molar-refractivity contribution in [1.29, 1.82) is 0 Å². The van der Waals surface area contributed by atoms with Crippen LogP contribution in [0.3, 0.4) is 0 Å². The van der Waals surface area contributed by atoms with Gasteiger partial charge in [-0.25, -0.2) is 0 Å². The van der Waals surface area contributed by atoms with Gasteiger partial charge in [0.2, 0.25) is 0 Å². The molecule has 1 fully saturated rings. The number of pyridine rings is 1. The van der Waals surface area contributed by atoms with Crippen molar-refractivity contribution < 1.29 is 4.74 Å². The quantitative estimate of drug-likeness (QED) is 0.795. The molecule has 2 aromatic rings. The van der Waals surface area contributed by atoms with Gasteiger partial charge in [-0.3, -0.25) is 4.79 Å². The van der Waals surface area contributed by atoms with Crippen molar-refractivity contribution in [3.05, 3.63) is 38.1 Å². The van der Waals surface area contributed by atoms with Gasteiger partial charge in [0, 0.05) is 28.1 Å². The maximum absolute atomic E-state index is 12.1. The predicted octanol–water partition coefficient (Wildman–Crippen LogP) is 1.97. The lowest BCUT2D eigenvalue weighted by atomic mass is 10.2. The molecule has 0 aliphatic carbocycles. The molecule has 1 saturated heterocycles. The van der Waals surface area contributed by atoms with Gasteiger partial charge >= 0.3 is 0 Å². The zero-order valence-electron chi connectivity index (χ0n) is 9.78. The largest absolute Gasteiger partial charge is 0.378 e. The van der Waals surface area contributed by atoms with Gasteiger partial charge in [0.15, 0.2) is 5.43 Å². The summed E-state index contributed by atoms with van der Waals surface area (Å²) in [5.74, 6) is 0.889. The van der Waals surface area contributed by atoms with Gasteiger partial charge in [-0.1, -0.05) is 6.07 Å². The summed E-state index contributed by atoms with van der Waals surface area (Å²) >= 11 is 2.25. The lowest BCUT2D eigenvalue weighted by Crippen LogP contribution is -2.37. The summed E-state index contributed by atoms with van der Waals surface area (Å²) in [4.78, 5) is 17.6. The molecule has 0 spiro atoms. The average molecular weight is 356 g/mol. The Labute approximate surface area is 118 Å². The van der Waals surface area contributed by atoms with Crippen molar-refractivity contribution in [2.75, 3.05) is 31.2 Å². The zero-order valence-corrected chi connectivity index (χ0v) is 11.9. The molecule has 1 aliphatic heterocycles. The third kappa shape index (κ3) is 2.12. The van der Waals surface area contributed by atoms with E-state index in [-0.39, 0.29) is 5.43 Å². The van der Waals surface area contributed by atoms with E-state index in [9.17, 15) is 4.79 Å². The van der Waals surface area contributed by atoms with Crippen molar-refractivity contribution in [2.45, 2.75) is 0 Å². The maximum Gasteiger partial charge on any atom is 0.191 e. The number of morpholine rings is 1. The van der Waals surface area contributed by atoms with E-state index in [1.807, 2.05) is 18.2 Å². The molecule has 4 nitrogen and oxygen atoms in total. The fourth-order valence-electron chi connectivity index (χ4n) is 2.20. The molecule has 5 heteroatoms. The number of halogens is 1. The highest BCUT2D eigenvalue weighted by atomic mass is 127. The van der Waals surface area contributed by atoms with E-state index in [0.29, 0.717) is 13.2 Å². The second-order valence-corrected chi connectivity index (χ2v) is 5.44. The van der Waals surface area contributed by atoms with Crippen LogP contribution in [0, 0.1) is 3.57 Å². The molecule has 1 aromatic carbocycles. The highest BCUT2D eigenvalue weighted by molar-refractivity contribution is 14.1. The first kappa shape index (κ1) is 12.0. The summed E-state index contributed by atoms with van der Waals surface area (Å²) in [6.07, 6.45) is 0. The van der Waals surface area contributed by atoms with Crippen LogP contribution in [0.2, 0.25) is 0 Å². The second-order valence-electron chi connectivity index (χ2n) is 4.28. The fourth-order valence-corrected chi connectivity index (χ4v) is 2.83. The highest BCUT2D eigenvalue weighted by Gasteiger charge is 2.13. The van der Waals surface area contributed by atoms with E-state index in [4.69, 9.17) is 4.74 Å². The van der Waals surface area contributed by atoms with Gasteiger partial charge in [-0.15, -0.1) is 0 Å². The molecule has 0 saturated carbocycles. The van der Waals surface area contributed by atoms with Crippen molar-refractivity contribution in [3.63, 3.8) is 0 Å². The number of benzene rings is 1. The molecule has 18 heavy (non-hydrogen) atoms. The number of aromatic amines is 1. The minimum atomic E-state index is 0.0729. The molecule has 1 aliphatic rings. The number of hydrogen-bond donors (Lipinski definition) is 1. The molecule has 1 aromatic heterocycles. The number of H-pyrrole nitrogens is 1. The Morgan fingerprint density at radius 1 is 1.28 bits per heavy atom. The Balaban J connectivity index is 2.14. The number of anilines is 1. The first-order chi connectivity index (χ1) is 8.75. The summed E-state index contributed by atoms with van der Waals surface area (Å²) in [6.45, 7) is 3.08. The Kier molecular flexibility index (Phi) is 3.25. The number of para-hydroxylation sites is 1. The number of ether oxygens (including phenoxy) is 1. The molecule has 0 bridgehead atoms. The highest BCUT2D eigenvalue weighted by Crippen LogP contribution is 2.19. The summed E-state index contributed by atoms with van der Waals surface area (Å²) in [6, 6.07) is 7.46. The van der Waals surface area contributed by atoms with E-state index in [1.165, 1.54) is 0 Å². The van der Waals surface area contributed by atoms with Gasteiger partial charge in [-0.2, -0.15) is 0 Å². The van der Waals surface area contributed by atoms with Crippen molar-refractivity contribution >= 4 is 39.3 Å². The van der Waals surface area contributed by atoms with Crippen LogP contribution in [0.1, 0.15) is 0 Å². The molecule has 0 amide bonds. The van der Waals surface area contributed by atoms with Gasteiger partial charge < -0.3 is 14.6 Å². The Morgan fingerprint density at radius 3 is 2.83 bits per heavy atom. The van der Waals surface area contributed by atoms with E-state index < -0.39 is 0 Å². The van der Waals surface area contributed by atoms with Crippen LogP contribution >= 0.6 is 22.6 Å². The third-order valence-corrected chi connectivity index (χ3v) is 4.05. The zero-order chi connectivity index (χ0) is 12.5. The van der Waals surface area contributed by atoms with E-state index in [2.05, 4.69) is 32.5 Å². The smallest absolute Gasteiger partial charge is 0.191 e. The first-order valence-corrected chi connectivity index (χ1v) is 6.98. The lowest BCUT2D eigenvalue weighted by molar-refractivity contribution is 0.122. The Hall–Kier alpha value is -1.08. The molecular formula is C13H13IN2O2. The van der Waals surface area contributed by atoms with Crippen LogP contribution in [-0.4, -0.2) is 31.3 Å². The summed E-state index contributed by atoms with van der Waals surface area (Å²) in [5, 5.41) is 0.749. The van der Waals surface area contributed by atoms with Crippen LogP contribution in [0.4, 0.5) is 5.82 Å². The standard InChI is InChI=1S/C13H13IN2O2/c14-10-3-1-2-9-11(17)8-12(15-13(9)10)16-4-6-18-7-5-16/h1-3,8H,4-7H2,(H,15,17). The van der Waals surface area contributed by atoms with Gasteiger partial charge in [-0.05, 0) is 34.7 Å². The van der Waals surface area contributed by atoms with Gasteiger partial charge in [0.05, 0.1) is 18.7 Å². The van der Waals surface area contributed by atoms with Crippen LogP contribution in [-0.2, 0) is 4.74 Å². The minimum absolute atomic E-state index is 0.0729. The number of hydrogen-bond acceptors (Lipinski definition) is 3.